The molecular weight excluding hydrogens is 504 g/mol. The van der Waals surface area contributed by atoms with Crippen molar-refractivity contribution in [2.75, 3.05) is 50.0 Å². The number of halogens is 1. The Morgan fingerprint density at radius 2 is 1.97 bits per heavy atom. The molecule has 0 saturated carbocycles. The van der Waals surface area contributed by atoms with Gasteiger partial charge < -0.3 is 30.3 Å². The van der Waals surface area contributed by atoms with Crippen molar-refractivity contribution in [3.05, 3.63) is 54.2 Å². The van der Waals surface area contributed by atoms with Gasteiger partial charge in [0.2, 0.25) is 0 Å². The van der Waals surface area contributed by atoms with E-state index in [0.717, 1.165) is 16.4 Å². The summed E-state index contributed by atoms with van der Waals surface area (Å²) < 4.78 is 25.7. The van der Waals surface area contributed by atoms with Crippen molar-refractivity contribution in [3.63, 3.8) is 0 Å². The van der Waals surface area contributed by atoms with Gasteiger partial charge in [-0.15, -0.1) is 9.24 Å². The zero-order valence-corrected chi connectivity index (χ0v) is 24.7. The number of allylic oxidation sites excluding steroid dienone is 4. The molecule has 1 unspecified atom stereocenters. The number of nitrogens with zero attached hydrogens (tertiary/aromatic N) is 2. The van der Waals surface area contributed by atoms with Crippen LogP contribution in [0.4, 0.5) is 16.0 Å². The predicted octanol–water partition coefficient (Wildman–Crippen LogP) is 4.36. The predicted molar refractivity (Wildman–Crippen MR) is 158 cm³/mol. The first kappa shape index (κ1) is 31.5. The fourth-order valence-electron chi connectivity index (χ4n) is 3.58. The Bertz CT molecular complexity index is 1070. The van der Waals surface area contributed by atoms with Crippen LogP contribution < -0.4 is 21.3 Å². The van der Waals surface area contributed by atoms with Crippen LogP contribution >= 0.6 is 9.24 Å². The number of hydrogen-bond donors (Lipinski definition) is 3. The molecule has 0 radical (unpaired) electrons. The zero-order valence-electron chi connectivity index (χ0n) is 23.5. The topological polar surface area (TPSA) is 87.8 Å². The molecule has 38 heavy (non-hydrogen) atoms. The minimum atomic E-state index is -0.521. The van der Waals surface area contributed by atoms with Gasteiger partial charge in [0.25, 0.3) is 0 Å². The van der Waals surface area contributed by atoms with Crippen LogP contribution in [0.5, 0.6) is 0 Å². The van der Waals surface area contributed by atoms with E-state index in [4.69, 9.17) is 14.5 Å². The molecule has 1 saturated heterocycles. The Hall–Kier alpha value is -2.74. The Kier molecular flexibility index (Phi) is 11.9. The highest BCUT2D eigenvalue weighted by Crippen LogP contribution is 2.26. The van der Waals surface area contributed by atoms with Gasteiger partial charge in [-0.1, -0.05) is 19.2 Å². The number of aromatic nitrogens is 1. The molecular formula is C28H43FN5O3P. The van der Waals surface area contributed by atoms with Crippen molar-refractivity contribution in [1.82, 2.24) is 15.2 Å². The summed E-state index contributed by atoms with van der Waals surface area (Å²) in [6, 6.07) is 1.93. The van der Waals surface area contributed by atoms with Crippen molar-refractivity contribution in [3.8, 4) is 0 Å². The lowest BCUT2D eigenvalue weighted by Gasteiger charge is -2.29. The molecule has 3 N–H and O–H groups in total. The van der Waals surface area contributed by atoms with Gasteiger partial charge in [-0.2, -0.15) is 0 Å². The Morgan fingerprint density at radius 1 is 1.32 bits per heavy atom. The number of esters is 1. The summed E-state index contributed by atoms with van der Waals surface area (Å²) >= 11 is 0. The van der Waals surface area contributed by atoms with E-state index in [0.29, 0.717) is 55.9 Å². The van der Waals surface area contributed by atoms with Gasteiger partial charge in [-0.3, -0.25) is 4.79 Å². The van der Waals surface area contributed by atoms with Gasteiger partial charge in [-0.05, 0) is 59.3 Å². The van der Waals surface area contributed by atoms with Gasteiger partial charge in [0.1, 0.15) is 23.1 Å². The maximum Gasteiger partial charge on any atom is 0.320 e. The van der Waals surface area contributed by atoms with Crippen molar-refractivity contribution < 1.29 is 18.7 Å². The molecule has 1 aromatic heterocycles. The molecule has 0 bridgehead atoms. The molecule has 0 amide bonds. The molecule has 8 nitrogen and oxygen atoms in total. The van der Waals surface area contributed by atoms with E-state index in [1.807, 2.05) is 52.5 Å². The number of ether oxygens (including phenoxy) is 2. The summed E-state index contributed by atoms with van der Waals surface area (Å²) in [6.07, 6.45) is 3.20. The second kappa shape index (κ2) is 14.4. The van der Waals surface area contributed by atoms with E-state index >= 15 is 4.39 Å². The van der Waals surface area contributed by atoms with Crippen molar-refractivity contribution in [1.29, 1.82) is 0 Å². The maximum absolute atomic E-state index is 15.1. The molecule has 10 heteroatoms. The van der Waals surface area contributed by atoms with Crippen LogP contribution in [-0.4, -0.2) is 66.9 Å². The van der Waals surface area contributed by atoms with Crippen LogP contribution in [0, 0.1) is 0 Å². The standard InChI is InChI=1S/C28H43FN5O3P/c1-9-21(14-23(29)20(5)34-10-12-36-13-11-34)32-26-22(18(2)3)15-24(38)27(33-26)31-16-19(4)30-17-25(35)37-28(6,7)8/h9,14-15,19,30H,2,5,10-13,16-17,38H2,1,3-4,6-8H3,(H2,31,32,33)/b21-9+,23-14+/t19-/m0/s1. The highest BCUT2D eigenvalue weighted by molar-refractivity contribution is 7.28. The molecule has 0 aliphatic carbocycles. The number of morpholine rings is 1. The Balaban J connectivity index is 2.12. The molecule has 1 aliphatic heterocycles. The first-order valence-electron chi connectivity index (χ1n) is 12.8. The third-order valence-electron chi connectivity index (χ3n) is 5.63. The zero-order chi connectivity index (χ0) is 28.5. The number of nitrogens with one attached hydrogen (secondary N) is 3. The fourth-order valence-corrected chi connectivity index (χ4v) is 3.91. The Morgan fingerprint density at radius 3 is 2.55 bits per heavy atom. The van der Waals surface area contributed by atoms with Crippen LogP contribution in [0.3, 0.4) is 0 Å². The van der Waals surface area contributed by atoms with Gasteiger partial charge in [0.05, 0.1) is 25.5 Å². The van der Waals surface area contributed by atoms with Crippen LogP contribution in [-0.2, 0) is 14.3 Å². The number of anilines is 2. The number of rotatable bonds is 12. The number of pyridine rings is 1. The van der Waals surface area contributed by atoms with E-state index in [1.165, 1.54) is 6.08 Å². The minimum absolute atomic E-state index is 0.0275. The second-order valence-electron chi connectivity index (χ2n) is 10.3. The van der Waals surface area contributed by atoms with Crippen molar-refractivity contribution in [2.45, 2.75) is 53.2 Å². The maximum atomic E-state index is 15.1. The van der Waals surface area contributed by atoms with E-state index in [2.05, 4.69) is 38.3 Å². The molecule has 2 atom stereocenters. The van der Waals surface area contributed by atoms with E-state index in [9.17, 15) is 4.79 Å². The lowest BCUT2D eigenvalue weighted by Crippen LogP contribution is -2.39. The van der Waals surface area contributed by atoms with Gasteiger partial charge in [-0.25, -0.2) is 9.37 Å². The molecule has 0 spiro atoms. The minimum Gasteiger partial charge on any atom is -0.459 e. The SMILES string of the molecule is C=C(C)c1cc(P)c(NC[C@H](C)NCC(=O)OC(C)(C)C)nc1NC(=C/C)/C=C(/F)C(=C)N1CCOCC1. The average Bonchev–Trinajstić information content (AvgIpc) is 2.85. The number of hydrogen-bond acceptors (Lipinski definition) is 8. The van der Waals surface area contributed by atoms with Crippen LogP contribution in [0.1, 0.15) is 47.1 Å². The average molecular weight is 548 g/mol. The monoisotopic (exact) mass is 547 g/mol. The highest BCUT2D eigenvalue weighted by Gasteiger charge is 2.18. The van der Waals surface area contributed by atoms with Crippen molar-refractivity contribution >= 4 is 37.7 Å². The second-order valence-corrected chi connectivity index (χ2v) is 10.9. The third-order valence-corrected chi connectivity index (χ3v) is 6.07. The molecule has 2 heterocycles. The lowest BCUT2D eigenvalue weighted by atomic mass is 10.1. The largest absolute Gasteiger partial charge is 0.459 e. The van der Waals surface area contributed by atoms with E-state index < -0.39 is 11.4 Å². The Labute approximate surface area is 229 Å². The first-order valence-corrected chi connectivity index (χ1v) is 13.4. The van der Waals surface area contributed by atoms with Crippen molar-refractivity contribution in [2.24, 2.45) is 0 Å². The quantitative estimate of drug-likeness (QED) is 0.202. The fraction of sp³-hybridized carbons (Fsp3) is 0.500. The highest BCUT2D eigenvalue weighted by atomic mass is 31.0. The van der Waals surface area contributed by atoms with E-state index in [1.54, 1.807) is 6.08 Å². The third kappa shape index (κ3) is 10.2. The summed E-state index contributed by atoms with van der Waals surface area (Å²) in [5.41, 5.74) is 1.99. The van der Waals surface area contributed by atoms with Gasteiger partial charge in [0.15, 0.2) is 0 Å². The van der Waals surface area contributed by atoms with Crippen LogP contribution in [0.2, 0.25) is 0 Å². The smallest absolute Gasteiger partial charge is 0.320 e. The normalized spacial score (nSPS) is 15.6. The molecule has 1 fully saturated rings. The summed E-state index contributed by atoms with van der Waals surface area (Å²) in [5.74, 6) is 0.470. The number of carbonyl (C=O) groups excluding carboxylic acids is 1. The van der Waals surface area contributed by atoms with Crippen LogP contribution in [0.25, 0.3) is 5.57 Å². The summed E-state index contributed by atoms with van der Waals surface area (Å²) in [4.78, 5) is 18.6. The molecule has 2 rings (SSSR count). The number of carbonyl (C=O) groups is 1. The van der Waals surface area contributed by atoms with E-state index in [-0.39, 0.29) is 18.6 Å². The molecule has 1 aliphatic rings. The van der Waals surface area contributed by atoms with Crippen LogP contribution in [0.15, 0.2) is 48.6 Å². The molecule has 0 aromatic carbocycles. The summed E-state index contributed by atoms with van der Waals surface area (Å²) in [7, 11) is 2.68. The first-order chi connectivity index (χ1) is 17.8. The molecule has 1 aromatic rings. The summed E-state index contributed by atoms with van der Waals surface area (Å²) in [6.45, 7) is 22.2. The lowest BCUT2D eigenvalue weighted by molar-refractivity contribution is -0.153. The summed E-state index contributed by atoms with van der Waals surface area (Å²) in [5, 5.41) is 10.6. The molecule has 210 valence electrons. The van der Waals surface area contributed by atoms with Gasteiger partial charge in [0, 0.05) is 42.2 Å². The van der Waals surface area contributed by atoms with Gasteiger partial charge >= 0.3 is 5.97 Å².